The molecular formula is C22H31ClN4O6S3. The van der Waals surface area contributed by atoms with Crippen molar-refractivity contribution in [3.8, 4) is 0 Å². The number of hydrogen-bond acceptors (Lipinski definition) is 8. The number of thiophene rings is 1. The van der Waals surface area contributed by atoms with Crippen LogP contribution in [-0.4, -0.2) is 106 Å². The van der Waals surface area contributed by atoms with Gasteiger partial charge in [0.05, 0.1) is 22.4 Å². The molecule has 0 bridgehead atoms. The molecule has 4 heterocycles. The molecule has 1 aromatic rings. The van der Waals surface area contributed by atoms with Crippen LogP contribution in [-0.2, 0) is 29.4 Å². The highest BCUT2D eigenvalue weighted by atomic mass is 35.5. The maximum absolute atomic E-state index is 13.1. The SMILES string of the molecule is O=C1[C@@H](NS(=O)(=O)C=Cc2ccc(Cl)s2)CCCN1CC(=O)N1CCC[C@H]1CN1CCS(=O)(=O)CC1. The standard InChI is InChI=1S/C22H31ClN4O6S3/c23-20-6-5-18(34-20)7-12-36(32,33)24-19-4-2-8-26(22(19)29)16-21(28)27-9-1-3-17(27)15-25-10-13-35(30,31)14-11-25/h5-7,12,17,19,24H,1-4,8-11,13-16H2/t17-,19-/m0/s1. The number of likely N-dealkylation sites (tertiary alicyclic amines) is 2. The Balaban J connectivity index is 1.31. The van der Waals surface area contributed by atoms with E-state index in [1.165, 1.54) is 22.3 Å². The van der Waals surface area contributed by atoms with Crippen LogP contribution in [0.25, 0.3) is 6.08 Å². The molecule has 2 amide bonds. The number of sulfone groups is 1. The number of halogens is 1. The van der Waals surface area contributed by atoms with Crippen molar-refractivity contribution in [2.45, 2.75) is 37.8 Å². The van der Waals surface area contributed by atoms with Crippen LogP contribution in [0.1, 0.15) is 30.6 Å². The average Bonchev–Trinajstić information content (AvgIpc) is 3.45. The third kappa shape index (κ3) is 7.29. The molecule has 3 aliphatic rings. The Morgan fingerprint density at radius 1 is 1.14 bits per heavy atom. The summed E-state index contributed by atoms with van der Waals surface area (Å²) in [6.45, 7) is 2.48. The molecule has 200 valence electrons. The van der Waals surface area contributed by atoms with Crippen molar-refractivity contribution in [3.63, 3.8) is 0 Å². The second-order valence-electron chi connectivity index (χ2n) is 9.40. The van der Waals surface area contributed by atoms with Crippen LogP contribution in [0.2, 0.25) is 4.34 Å². The molecule has 1 aromatic heterocycles. The maximum Gasteiger partial charge on any atom is 0.242 e. The lowest BCUT2D eigenvalue weighted by molar-refractivity contribution is -0.143. The first-order valence-electron chi connectivity index (χ1n) is 12.0. The average molecular weight is 579 g/mol. The molecule has 0 saturated carbocycles. The van der Waals surface area contributed by atoms with E-state index >= 15 is 0 Å². The normalized spacial score (nSPS) is 25.6. The molecular weight excluding hydrogens is 548 g/mol. The predicted octanol–water partition coefficient (Wildman–Crippen LogP) is 1.00. The predicted molar refractivity (Wildman–Crippen MR) is 140 cm³/mol. The van der Waals surface area contributed by atoms with Gasteiger partial charge in [-0.25, -0.2) is 16.8 Å². The highest BCUT2D eigenvalue weighted by Gasteiger charge is 2.36. The van der Waals surface area contributed by atoms with Gasteiger partial charge in [0.1, 0.15) is 6.04 Å². The monoisotopic (exact) mass is 578 g/mol. The van der Waals surface area contributed by atoms with Gasteiger partial charge in [0.15, 0.2) is 9.84 Å². The third-order valence-corrected chi connectivity index (χ3v) is 10.7. The molecule has 0 aliphatic carbocycles. The molecule has 1 N–H and O–H groups in total. The van der Waals surface area contributed by atoms with E-state index in [1.807, 2.05) is 0 Å². The fourth-order valence-corrected chi connectivity index (χ4v) is 8.20. The van der Waals surface area contributed by atoms with Gasteiger partial charge in [0, 0.05) is 49.1 Å². The Labute approximate surface area is 221 Å². The Kier molecular flexibility index (Phi) is 8.78. The summed E-state index contributed by atoms with van der Waals surface area (Å²) >= 11 is 7.12. The van der Waals surface area contributed by atoms with Gasteiger partial charge in [0.25, 0.3) is 0 Å². The quantitative estimate of drug-likeness (QED) is 0.488. The molecule has 4 rings (SSSR count). The van der Waals surface area contributed by atoms with E-state index in [2.05, 4.69) is 9.62 Å². The molecule has 36 heavy (non-hydrogen) atoms. The second kappa shape index (κ2) is 11.5. The zero-order valence-corrected chi connectivity index (χ0v) is 23.0. The zero-order chi connectivity index (χ0) is 25.9. The highest BCUT2D eigenvalue weighted by Crippen LogP contribution is 2.23. The van der Waals surface area contributed by atoms with Crippen molar-refractivity contribution in [2.24, 2.45) is 0 Å². The number of sulfonamides is 1. The minimum atomic E-state index is -3.86. The van der Waals surface area contributed by atoms with Crippen molar-refractivity contribution < 1.29 is 26.4 Å². The molecule has 3 aliphatic heterocycles. The van der Waals surface area contributed by atoms with Gasteiger partial charge in [-0.15, -0.1) is 11.3 Å². The minimum absolute atomic E-state index is 0.0108. The van der Waals surface area contributed by atoms with E-state index < -0.39 is 31.8 Å². The second-order valence-corrected chi connectivity index (χ2v) is 15.0. The third-order valence-electron chi connectivity index (χ3n) is 6.77. The van der Waals surface area contributed by atoms with Crippen molar-refractivity contribution in [1.82, 2.24) is 19.4 Å². The Hall–Kier alpha value is -1.51. The smallest absolute Gasteiger partial charge is 0.242 e. The van der Waals surface area contributed by atoms with E-state index in [0.29, 0.717) is 54.8 Å². The topological polar surface area (TPSA) is 124 Å². The van der Waals surface area contributed by atoms with Crippen molar-refractivity contribution in [2.75, 3.05) is 50.8 Å². The summed E-state index contributed by atoms with van der Waals surface area (Å²) in [6, 6.07) is 2.45. The van der Waals surface area contributed by atoms with Crippen LogP contribution < -0.4 is 4.72 Å². The molecule has 2 atom stereocenters. The summed E-state index contributed by atoms with van der Waals surface area (Å²) in [5.74, 6) is -0.274. The molecule has 3 fully saturated rings. The largest absolute Gasteiger partial charge is 0.337 e. The summed E-state index contributed by atoms with van der Waals surface area (Å²) in [7, 11) is -6.83. The van der Waals surface area contributed by atoms with E-state index in [0.717, 1.165) is 18.2 Å². The Morgan fingerprint density at radius 3 is 2.56 bits per heavy atom. The van der Waals surface area contributed by atoms with Gasteiger partial charge in [0.2, 0.25) is 21.8 Å². The van der Waals surface area contributed by atoms with Crippen molar-refractivity contribution >= 4 is 60.7 Å². The van der Waals surface area contributed by atoms with Gasteiger partial charge in [-0.3, -0.25) is 14.5 Å². The highest BCUT2D eigenvalue weighted by molar-refractivity contribution is 7.92. The number of rotatable bonds is 8. The number of nitrogens with one attached hydrogen (secondary N) is 1. The number of carbonyl (C=O) groups excluding carboxylic acids is 2. The van der Waals surface area contributed by atoms with E-state index in [1.54, 1.807) is 17.0 Å². The lowest BCUT2D eigenvalue weighted by atomic mass is 10.1. The van der Waals surface area contributed by atoms with Gasteiger partial charge >= 0.3 is 0 Å². The van der Waals surface area contributed by atoms with Crippen LogP contribution in [0, 0.1) is 0 Å². The fourth-order valence-electron chi connectivity index (χ4n) is 4.86. The lowest BCUT2D eigenvalue weighted by Gasteiger charge is -2.35. The number of amides is 2. The van der Waals surface area contributed by atoms with Gasteiger partial charge in [-0.2, -0.15) is 4.72 Å². The lowest BCUT2D eigenvalue weighted by Crippen LogP contribution is -2.55. The molecule has 0 unspecified atom stereocenters. The van der Waals surface area contributed by atoms with Crippen molar-refractivity contribution in [1.29, 1.82) is 0 Å². The Bertz CT molecular complexity index is 1200. The molecule has 0 radical (unpaired) electrons. The van der Waals surface area contributed by atoms with E-state index in [4.69, 9.17) is 11.6 Å². The van der Waals surface area contributed by atoms with E-state index in [9.17, 15) is 26.4 Å². The zero-order valence-electron chi connectivity index (χ0n) is 19.8. The van der Waals surface area contributed by atoms with Crippen molar-refractivity contribution in [3.05, 3.63) is 26.8 Å². The first-order valence-corrected chi connectivity index (χ1v) is 16.5. The number of carbonyl (C=O) groups is 2. The fraction of sp³-hybridized carbons (Fsp3) is 0.636. The number of piperidine rings is 1. The van der Waals surface area contributed by atoms with Crippen LogP contribution in [0.5, 0.6) is 0 Å². The molecule has 10 nitrogen and oxygen atoms in total. The number of nitrogens with zero attached hydrogens (tertiary/aromatic N) is 3. The first kappa shape index (κ1) is 27.5. The van der Waals surface area contributed by atoms with Crippen LogP contribution in [0.15, 0.2) is 17.5 Å². The van der Waals surface area contributed by atoms with Crippen LogP contribution >= 0.6 is 22.9 Å². The summed E-state index contributed by atoms with van der Waals surface area (Å²) in [6.07, 6.45) is 4.08. The summed E-state index contributed by atoms with van der Waals surface area (Å²) in [5.41, 5.74) is 0. The van der Waals surface area contributed by atoms with E-state index in [-0.39, 0.29) is 30.0 Å². The minimum Gasteiger partial charge on any atom is -0.337 e. The molecule has 14 heteroatoms. The summed E-state index contributed by atoms with van der Waals surface area (Å²) in [5, 5.41) is 1.02. The summed E-state index contributed by atoms with van der Waals surface area (Å²) in [4.78, 5) is 32.1. The van der Waals surface area contributed by atoms with Gasteiger partial charge in [-0.05, 0) is 43.9 Å². The molecule has 0 spiro atoms. The Morgan fingerprint density at radius 2 is 1.86 bits per heavy atom. The maximum atomic E-state index is 13.1. The van der Waals surface area contributed by atoms with Crippen LogP contribution in [0.4, 0.5) is 0 Å². The number of hydrogen-bond donors (Lipinski definition) is 1. The van der Waals surface area contributed by atoms with Crippen LogP contribution in [0.3, 0.4) is 0 Å². The first-order chi connectivity index (χ1) is 17.0. The van der Waals surface area contributed by atoms with Gasteiger partial charge in [-0.1, -0.05) is 11.6 Å². The molecule has 3 saturated heterocycles. The molecule has 0 aromatic carbocycles. The van der Waals surface area contributed by atoms with Gasteiger partial charge < -0.3 is 9.80 Å². The summed E-state index contributed by atoms with van der Waals surface area (Å²) < 4.78 is 51.4.